The lowest BCUT2D eigenvalue weighted by molar-refractivity contribution is -0.0555. The van der Waals surface area contributed by atoms with Crippen LogP contribution in [-0.4, -0.2) is 90.6 Å². The summed E-state index contributed by atoms with van der Waals surface area (Å²) in [5.41, 5.74) is 0. The molecule has 2 bridgehead atoms. The Morgan fingerprint density at radius 1 is 1.06 bits per heavy atom. The first-order chi connectivity index (χ1) is 8.69. The molecule has 4 heterocycles. The first kappa shape index (κ1) is 12.2. The molecule has 4 saturated heterocycles. The van der Waals surface area contributed by atoms with Crippen LogP contribution in [0.2, 0.25) is 0 Å². The summed E-state index contributed by atoms with van der Waals surface area (Å²) in [4.78, 5) is 21.4. The molecular weight excluding hydrogens is 228 g/mol. The smallest absolute Gasteiger partial charge is 0.320 e. The van der Waals surface area contributed by atoms with Crippen LogP contribution >= 0.6 is 0 Å². The molecule has 0 saturated carbocycles. The zero-order chi connectivity index (χ0) is 12.7. The molecule has 2 atom stereocenters. The van der Waals surface area contributed by atoms with E-state index >= 15 is 0 Å². The van der Waals surface area contributed by atoms with E-state index in [0.717, 1.165) is 45.8 Å². The van der Waals surface area contributed by atoms with Crippen molar-refractivity contribution in [1.82, 2.24) is 19.6 Å². The molecule has 4 aliphatic heterocycles. The van der Waals surface area contributed by atoms with Crippen LogP contribution in [-0.2, 0) is 0 Å². The average Bonchev–Trinajstić information content (AvgIpc) is 2.39. The molecule has 4 fully saturated rings. The van der Waals surface area contributed by atoms with Crippen molar-refractivity contribution in [3.05, 3.63) is 0 Å². The molecule has 18 heavy (non-hydrogen) atoms. The van der Waals surface area contributed by atoms with Crippen molar-refractivity contribution in [1.29, 1.82) is 0 Å². The molecular formula is C13H24N4O. The van der Waals surface area contributed by atoms with E-state index < -0.39 is 0 Å². The second-order valence-corrected chi connectivity index (χ2v) is 5.85. The fraction of sp³-hybridized carbons (Fsp3) is 0.923. The summed E-state index contributed by atoms with van der Waals surface area (Å²) in [5.74, 6) is 0. The zero-order valence-electron chi connectivity index (χ0n) is 11.5. The maximum atomic E-state index is 12.4. The molecule has 5 heteroatoms. The minimum absolute atomic E-state index is 0.272. The van der Waals surface area contributed by atoms with Crippen LogP contribution < -0.4 is 0 Å². The summed E-state index contributed by atoms with van der Waals surface area (Å²) in [5, 5.41) is 0. The van der Waals surface area contributed by atoms with Crippen molar-refractivity contribution >= 4 is 6.03 Å². The molecule has 5 nitrogen and oxygen atoms in total. The van der Waals surface area contributed by atoms with Gasteiger partial charge in [0.15, 0.2) is 0 Å². The van der Waals surface area contributed by atoms with E-state index in [4.69, 9.17) is 0 Å². The molecule has 4 rings (SSSR count). The Labute approximate surface area is 109 Å². The van der Waals surface area contributed by atoms with Crippen LogP contribution in [0.4, 0.5) is 4.79 Å². The number of likely N-dealkylation sites (N-methyl/N-ethyl adjacent to an activating group) is 2. The number of rotatable bonds is 1. The predicted molar refractivity (Wildman–Crippen MR) is 70.6 cm³/mol. The van der Waals surface area contributed by atoms with E-state index in [9.17, 15) is 4.79 Å². The first-order valence-corrected chi connectivity index (χ1v) is 7.17. The Hall–Kier alpha value is -0.810. The molecule has 0 spiro atoms. The van der Waals surface area contributed by atoms with Gasteiger partial charge >= 0.3 is 6.03 Å². The SMILES string of the molecule is CCN1C2CC1CN(C(=O)N1CCN(C)CC1)C2. The van der Waals surface area contributed by atoms with Gasteiger partial charge in [0.1, 0.15) is 0 Å². The van der Waals surface area contributed by atoms with Gasteiger partial charge < -0.3 is 14.7 Å². The third-order valence-corrected chi connectivity index (χ3v) is 4.75. The van der Waals surface area contributed by atoms with E-state index in [1.165, 1.54) is 6.42 Å². The highest BCUT2D eigenvalue weighted by Gasteiger charge is 2.45. The van der Waals surface area contributed by atoms with E-state index in [1.807, 2.05) is 4.90 Å². The highest BCUT2D eigenvalue weighted by Crippen LogP contribution is 2.32. The third kappa shape index (κ3) is 1.99. The van der Waals surface area contributed by atoms with Crippen LogP contribution in [0.5, 0.6) is 0 Å². The lowest BCUT2D eigenvalue weighted by Gasteiger charge is -2.56. The molecule has 0 aliphatic carbocycles. The maximum absolute atomic E-state index is 12.4. The van der Waals surface area contributed by atoms with Gasteiger partial charge in [-0.3, -0.25) is 4.90 Å². The Morgan fingerprint density at radius 3 is 2.22 bits per heavy atom. The third-order valence-electron chi connectivity index (χ3n) is 4.75. The number of carbonyl (C=O) groups excluding carboxylic acids is 1. The monoisotopic (exact) mass is 252 g/mol. The normalized spacial score (nSPS) is 33.4. The summed E-state index contributed by atoms with van der Waals surface area (Å²) >= 11 is 0. The largest absolute Gasteiger partial charge is 0.322 e. The van der Waals surface area contributed by atoms with Crippen molar-refractivity contribution in [2.75, 3.05) is 52.9 Å². The topological polar surface area (TPSA) is 30.0 Å². The Kier molecular flexibility index (Phi) is 3.20. The number of amides is 2. The van der Waals surface area contributed by atoms with Gasteiger partial charge in [0, 0.05) is 51.4 Å². The summed E-state index contributed by atoms with van der Waals surface area (Å²) in [6, 6.07) is 1.53. The number of piperidine rings is 1. The number of piperazine rings is 2. The van der Waals surface area contributed by atoms with Gasteiger partial charge in [-0.2, -0.15) is 0 Å². The van der Waals surface area contributed by atoms with Gasteiger partial charge in [-0.15, -0.1) is 0 Å². The van der Waals surface area contributed by atoms with Gasteiger partial charge in [-0.05, 0) is 20.0 Å². The maximum Gasteiger partial charge on any atom is 0.320 e. The average molecular weight is 252 g/mol. The van der Waals surface area contributed by atoms with Crippen LogP contribution in [0.15, 0.2) is 0 Å². The molecule has 4 aliphatic rings. The molecule has 2 amide bonds. The lowest BCUT2D eigenvalue weighted by atomic mass is 9.88. The van der Waals surface area contributed by atoms with E-state index in [1.54, 1.807) is 0 Å². The number of urea groups is 1. The fourth-order valence-corrected chi connectivity index (χ4v) is 3.56. The molecule has 0 radical (unpaired) electrons. The highest BCUT2D eigenvalue weighted by molar-refractivity contribution is 5.75. The summed E-state index contributed by atoms with van der Waals surface area (Å²) in [7, 11) is 2.12. The summed E-state index contributed by atoms with van der Waals surface area (Å²) in [6.07, 6.45) is 1.29. The van der Waals surface area contributed by atoms with Gasteiger partial charge in [-0.25, -0.2) is 4.79 Å². The number of fused-ring (bicyclic) bond motifs is 2. The zero-order valence-corrected chi connectivity index (χ0v) is 11.5. The van der Waals surface area contributed by atoms with Gasteiger partial charge in [0.2, 0.25) is 0 Å². The fourth-order valence-electron chi connectivity index (χ4n) is 3.56. The summed E-state index contributed by atoms with van der Waals surface area (Å²) < 4.78 is 0. The minimum atomic E-state index is 0.272. The molecule has 2 unspecified atom stereocenters. The number of nitrogens with zero attached hydrogens (tertiary/aromatic N) is 4. The quantitative estimate of drug-likeness (QED) is 0.664. The lowest BCUT2D eigenvalue weighted by Crippen LogP contribution is -2.70. The second kappa shape index (κ2) is 4.70. The highest BCUT2D eigenvalue weighted by atomic mass is 16.2. The standard InChI is InChI=1S/C13H24N4O/c1-3-17-11-8-12(17)10-16(9-11)13(18)15-6-4-14(2)5-7-15/h11-12H,3-10H2,1-2H3. The van der Waals surface area contributed by atoms with Gasteiger partial charge in [0.05, 0.1) is 0 Å². The Morgan fingerprint density at radius 2 is 1.67 bits per heavy atom. The van der Waals surface area contributed by atoms with Crippen LogP contribution in [0, 0.1) is 0 Å². The number of carbonyl (C=O) groups is 1. The predicted octanol–water partition coefficient (Wildman–Crippen LogP) is 0.132. The van der Waals surface area contributed by atoms with Crippen molar-refractivity contribution in [3.8, 4) is 0 Å². The second-order valence-electron chi connectivity index (χ2n) is 5.85. The molecule has 0 N–H and O–H groups in total. The van der Waals surface area contributed by atoms with E-state index in [-0.39, 0.29) is 6.03 Å². The molecule has 102 valence electrons. The van der Waals surface area contributed by atoms with Crippen molar-refractivity contribution in [2.45, 2.75) is 25.4 Å². The van der Waals surface area contributed by atoms with Gasteiger partial charge in [0.25, 0.3) is 0 Å². The van der Waals surface area contributed by atoms with Crippen LogP contribution in [0.3, 0.4) is 0 Å². The van der Waals surface area contributed by atoms with Crippen molar-refractivity contribution in [2.24, 2.45) is 0 Å². The summed E-state index contributed by atoms with van der Waals surface area (Å²) in [6.45, 7) is 9.02. The molecule has 0 aromatic heterocycles. The van der Waals surface area contributed by atoms with E-state index in [2.05, 4.69) is 28.7 Å². The molecule has 0 aromatic rings. The molecule has 0 aromatic carbocycles. The Bertz CT molecular complexity index is 315. The van der Waals surface area contributed by atoms with Crippen molar-refractivity contribution in [3.63, 3.8) is 0 Å². The Balaban J connectivity index is 1.55. The number of hydrogen-bond acceptors (Lipinski definition) is 3. The van der Waals surface area contributed by atoms with Crippen LogP contribution in [0.1, 0.15) is 13.3 Å². The first-order valence-electron chi connectivity index (χ1n) is 7.17. The van der Waals surface area contributed by atoms with Crippen LogP contribution in [0.25, 0.3) is 0 Å². The van der Waals surface area contributed by atoms with Crippen molar-refractivity contribution < 1.29 is 4.79 Å². The number of hydrogen-bond donors (Lipinski definition) is 0. The van der Waals surface area contributed by atoms with E-state index in [0.29, 0.717) is 12.1 Å². The minimum Gasteiger partial charge on any atom is -0.322 e. The van der Waals surface area contributed by atoms with Gasteiger partial charge in [-0.1, -0.05) is 6.92 Å².